The highest BCUT2D eigenvalue weighted by Crippen LogP contribution is 2.26. The van der Waals surface area contributed by atoms with Crippen molar-refractivity contribution in [2.75, 3.05) is 25.5 Å². The van der Waals surface area contributed by atoms with Crippen molar-refractivity contribution < 1.29 is 14.3 Å². The number of hydrogen-bond acceptors (Lipinski definition) is 5. The topological polar surface area (TPSA) is 76.5 Å². The summed E-state index contributed by atoms with van der Waals surface area (Å²) in [6.07, 6.45) is 3.48. The third-order valence-corrected chi connectivity index (χ3v) is 6.22. The van der Waals surface area contributed by atoms with E-state index in [1.807, 2.05) is 77.7 Å². The van der Waals surface area contributed by atoms with Crippen LogP contribution in [0.4, 0.5) is 5.95 Å². The fourth-order valence-electron chi connectivity index (χ4n) is 3.54. The first-order chi connectivity index (χ1) is 17.0. The molecule has 178 valence electrons. The zero-order chi connectivity index (χ0) is 24.8. The van der Waals surface area contributed by atoms with E-state index in [1.165, 1.54) is 16.2 Å². The Hall–Kier alpha value is -4.17. The van der Waals surface area contributed by atoms with Gasteiger partial charge in [0.1, 0.15) is 12.3 Å². The van der Waals surface area contributed by atoms with Crippen LogP contribution in [0.3, 0.4) is 0 Å². The summed E-state index contributed by atoms with van der Waals surface area (Å²) in [5.41, 5.74) is 3.56. The van der Waals surface area contributed by atoms with E-state index in [1.54, 1.807) is 19.3 Å². The lowest BCUT2D eigenvalue weighted by Crippen LogP contribution is -2.38. The third kappa shape index (κ3) is 5.67. The van der Waals surface area contributed by atoms with Crippen LogP contribution in [-0.4, -0.2) is 46.5 Å². The van der Waals surface area contributed by atoms with Crippen LogP contribution in [0.2, 0.25) is 0 Å². The minimum Gasteiger partial charge on any atom is -0.497 e. The zero-order valence-electron chi connectivity index (χ0n) is 19.6. The highest BCUT2D eigenvalue weighted by molar-refractivity contribution is 7.12. The summed E-state index contributed by atoms with van der Waals surface area (Å²) in [6.45, 7) is 5.87. The van der Waals surface area contributed by atoms with Crippen molar-refractivity contribution in [3.8, 4) is 22.7 Å². The first kappa shape index (κ1) is 24.0. The van der Waals surface area contributed by atoms with Gasteiger partial charge in [-0.2, -0.15) is 0 Å². The SMILES string of the molecule is C=CCN(CC(=O)Nc1nc(-c2ccc(OC)cc2)cn1-c1ccc(C)cc1)C(=O)c1cccs1. The molecule has 2 amide bonds. The molecule has 0 radical (unpaired) electrons. The smallest absolute Gasteiger partial charge is 0.264 e. The highest BCUT2D eigenvalue weighted by atomic mass is 32.1. The number of ether oxygens (including phenoxy) is 1. The van der Waals surface area contributed by atoms with Crippen LogP contribution in [0.1, 0.15) is 15.2 Å². The molecule has 0 spiro atoms. The monoisotopic (exact) mass is 486 g/mol. The molecular weight excluding hydrogens is 460 g/mol. The predicted octanol–water partition coefficient (Wildman–Crippen LogP) is 5.18. The Morgan fingerprint density at radius 3 is 2.51 bits per heavy atom. The number of anilines is 1. The molecule has 4 aromatic rings. The van der Waals surface area contributed by atoms with Gasteiger partial charge < -0.3 is 9.64 Å². The molecule has 4 rings (SSSR count). The number of aromatic nitrogens is 2. The van der Waals surface area contributed by atoms with Gasteiger partial charge in [0.15, 0.2) is 0 Å². The van der Waals surface area contributed by atoms with Crippen molar-refractivity contribution >= 4 is 29.1 Å². The number of amides is 2. The molecule has 8 heteroatoms. The number of benzene rings is 2. The number of carbonyl (C=O) groups is 2. The quantitative estimate of drug-likeness (QED) is 0.331. The lowest BCUT2D eigenvalue weighted by molar-refractivity contribution is -0.116. The van der Waals surface area contributed by atoms with Gasteiger partial charge in [0.05, 0.1) is 17.7 Å². The van der Waals surface area contributed by atoms with Crippen molar-refractivity contribution in [2.45, 2.75) is 6.92 Å². The maximum absolute atomic E-state index is 13.0. The Balaban J connectivity index is 1.61. The number of nitrogens with one attached hydrogen (secondary N) is 1. The first-order valence-electron chi connectivity index (χ1n) is 11.0. The van der Waals surface area contributed by atoms with E-state index < -0.39 is 0 Å². The van der Waals surface area contributed by atoms with Gasteiger partial charge in [0.25, 0.3) is 5.91 Å². The largest absolute Gasteiger partial charge is 0.497 e. The average Bonchev–Trinajstić information content (AvgIpc) is 3.55. The van der Waals surface area contributed by atoms with Gasteiger partial charge in [-0.15, -0.1) is 17.9 Å². The molecule has 0 saturated heterocycles. The van der Waals surface area contributed by atoms with Gasteiger partial charge in [0.2, 0.25) is 11.9 Å². The standard InChI is InChI=1S/C27H26N4O3S/c1-4-15-30(26(33)24-6-5-16-35-24)18-25(32)29-27-28-23(20-9-13-22(34-3)14-10-20)17-31(27)21-11-7-19(2)8-12-21/h4-14,16-17H,1,15,18H2,2-3H3,(H,28,29,32). The summed E-state index contributed by atoms with van der Waals surface area (Å²) in [5, 5.41) is 4.72. The van der Waals surface area contributed by atoms with Crippen molar-refractivity contribution in [3.05, 3.63) is 95.3 Å². The van der Waals surface area contributed by atoms with Gasteiger partial charge in [-0.3, -0.25) is 19.5 Å². The Morgan fingerprint density at radius 2 is 1.89 bits per heavy atom. The molecule has 0 aliphatic rings. The molecular formula is C27H26N4O3S. The van der Waals surface area contributed by atoms with E-state index in [2.05, 4.69) is 11.9 Å². The van der Waals surface area contributed by atoms with Crippen LogP contribution in [-0.2, 0) is 4.79 Å². The van der Waals surface area contributed by atoms with E-state index in [0.717, 1.165) is 22.6 Å². The second-order valence-corrected chi connectivity index (χ2v) is 8.83. The summed E-state index contributed by atoms with van der Waals surface area (Å²) in [7, 11) is 1.62. The van der Waals surface area contributed by atoms with Crippen LogP contribution in [0.25, 0.3) is 16.9 Å². The lowest BCUT2D eigenvalue weighted by atomic mass is 10.1. The number of aryl methyl sites for hydroxylation is 1. The maximum atomic E-state index is 13.0. The molecule has 0 atom stereocenters. The minimum atomic E-state index is -0.350. The fourth-order valence-corrected chi connectivity index (χ4v) is 4.23. The first-order valence-corrected chi connectivity index (χ1v) is 11.9. The number of carbonyl (C=O) groups excluding carboxylic acids is 2. The second-order valence-electron chi connectivity index (χ2n) is 7.88. The molecule has 2 aromatic heterocycles. The van der Waals surface area contributed by atoms with Gasteiger partial charge in [0, 0.05) is 24.0 Å². The molecule has 1 N–H and O–H groups in total. The van der Waals surface area contributed by atoms with Gasteiger partial charge in [-0.1, -0.05) is 29.8 Å². The Bertz CT molecular complexity index is 1310. The molecule has 0 bridgehead atoms. The van der Waals surface area contributed by atoms with Gasteiger partial charge >= 0.3 is 0 Å². The van der Waals surface area contributed by atoms with E-state index in [0.29, 0.717) is 16.5 Å². The summed E-state index contributed by atoms with van der Waals surface area (Å²) < 4.78 is 7.08. The minimum absolute atomic E-state index is 0.124. The van der Waals surface area contributed by atoms with E-state index in [9.17, 15) is 9.59 Å². The van der Waals surface area contributed by atoms with Gasteiger partial charge in [-0.05, 0) is 54.8 Å². The van der Waals surface area contributed by atoms with E-state index >= 15 is 0 Å². The highest BCUT2D eigenvalue weighted by Gasteiger charge is 2.20. The molecule has 2 aromatic carbocycles. The summed E-state index contributed by atoms with van der Waals surface area (Å²) in [6, 6.07) is 19.0. The maximum Gasteiger partial charge on any atom is 0.264 e. The predicted molar refractivity (Wildman–Crippen MR) is 139 cm³/mol. The van der Waals surface area contributed by atoms with Crippen molar-refractivity contribution in [1.29, 1.82) is 0 Å². The third-order valence-electron chi connectivity index (χ3n) is 5.36. The molecule has 0 fully saturated rings. The lowest BCUT2D eigenvalue weighted by Gasteiger charge is -2.20. The molecule has 0 aliphatic heterocycles. The summed E-state index contributed by atoms with van der Waals surface area (Å²) in [4.78, 5) is 32.6. The summed E-state index contributed by atoms with van der Waals surface area (Å²) >= 11 is 1.34. The number of imidazole rings is 1. The molecule has 0 unspecified atom stereocenters. The number of hydrogen-bond donors (Lipinski definition) is 1. The number of thiophene rings is 1. The molecule has 0 aliphatic carbocycles. The van der Waals surface area contributed by atoms with E-state index in [4.69, 9.17) is 9.72 Å². The number of methoxy groups -OCH3 is 1. The number of nitrogens with zero attached hydrogens (tertiary/aromatic N) is 3. The van der Waals surface area contributed by atoms with Crippen LogP contribution in [0, 0.1) is 6.92 Å². The van der Waals surface area contributed by atoms with Crippen molar-refractivity contribution in [3.63, 3.8) is 0 Å². The zero-order valence-corrected chi connectivity index (χ0v) is 20.4. The number of rotatable bonds is 9. The molecule has 35 heavy (non-hydrogen) atoms. The molecule has 0 saturated carbocycles. The van der Waals surface area contributed by atoms with Crippen LogP contribution < -0.4 is 10.1 Å². The average molecular weight is 487 g/mol. The Kier molecular flexibility index (Phi) is 7.42. The van der Waals surface area contributed by atoms with Crippen LogP contribution in [0.5, 0.6) is 5.75 Å². The van der Waals surface area contributed by atoms with Crippen LogP contribution >= 0.6 is 11.3 Å². The molecule has 7 nitrogen and oxygen atoms in total. The normalized spacial score (nSPS) is 10.6. The van der Waals surface area contributed by atoms with E-state index in [-0.39, 0.29) is 24.9 Å². The fraction of sp³-hybridized carbons (Fsp3) is 0.148. The van der Waals surface area contributed by atoms with Crippen molar-refractivity contribution in [1.82, 2.24) is 14.5 Å². The Labute approximate surface area is 208 Å². The molecule has 2 heterocycles. The van der Waals surface area contributed by atoms with Crippen molar-refractivity contribution in [2.24, 2.45) is 0 Å². The second kappa shape index (κ2) is 10.8. The van der Waals surface area contributed by atoms with Crippen LogP contribution in [0.15, 0.2) is 84.9 Å². The van der Waals surface area contributed by atoms with Gasteiger partial charge in [-0.25, -0.2) is 4.98 Å². The Morgan fingerprint density at radius 1 is 1.14 bits per heavy atom. The summed E-state index contributed by atoms with van der Waals surface area (Å²) in [5.74, 6) is 0.553.